The van der Waals surface area contributed by atoms with E-state index in [2.05, 4.69) is 5.32 Å². The fourth-order valence-corrected chi connectivity index (χ4v) is 2.99. The summed E-state index contributed by atoms with van der Waals surface area (Å²) < 4.78 is 40.3. The zero-order chi connectivity index (χ0) is 23.8. The highest BCUT2D eigenvalue weighted by atomic mass is 35.5. The number of thiocarbonyl (C=S) groups is 1. The van der Waals surface area contributed by atoms with E-state index in [4.69, 9.17) is 47.0 Å². The summed E-state index contributed by atoms with van der Waals surface area (Å²) in [6, 6.07) is 8.56. The molecule has 0 radical (unpaired) electrons. The minimum atomic E-state index is -4.53. The summed E-state index contributed by atoms with van der Waals surface area (Å²) in [5, 5.41) is 2.77. The van der Waals surface area contributed by atoms with Crippen LogP contribution < -0.4 is 5.32 Å². The van der Waals surface area contributed by atoms with E-state index in [0.717, 1.165) is 29.6 Å². The molecule has 1 atom stereocenters. The van der Waals surface area contributed by atoms with Gasteiger partial charge in [0, 0.05) is 12.6 Å². The molecule has 1 N–H and O–H groups in total. The Hall–Kier alpha value is -1.60. The molecule has 0 bridgehead atoms. The second kappa shape index (κ2) is 12.4. The van der Waals surface area contributed by atoms with Crippen LogP contribution in [0.15, 0.2) is 42.5 Å². The molecule has 0 aliphatic carbocycles. The first-order chi connectivity index (χ1) is 14.4. The summed E-state index contributed by atoms with van der Waals surface area (Å²) in [6.07, 6.45) is -1.24. The normalized spacial score (nSPS) is 12.2. The number of halogens is 6. The van der Waals surface area contributed by atoms with Gasteiger partial charge in [0.25, 0.3) is 0 Å². The quantitative estimate of drug-likeness (QED) is 0.250. The average Bonchev–Trinajstić information content (AvgIpc) is 2.71. The van der Waals surface area contributed by atoms with E-state index in [9.17, 15) is 18.0 Å². The van der Waals surface area contributed by atoms with Gasteiger partial charge in [0.2, 0.25) is 0 Å². The van der Waals surface area contributed by atoms with Gasteiger partial charge < -0.3 is 5.32 Å². The van der Waals surface area contributed by atoms with Gasteiger partial charge in [-0.1, -0.05) is 90.4 Å². The van der Waals surface area contributed by atoms with Crippen molar-refractivity contribution >= 4 is 63.9 Å². The maximum atomic E-state index is 13.4. The molecule has 2 aromatic carbocycles. The van der Waals surface area contributed by atoms with Gasteiger partial charge in [-0.05, 0) is 36.6 Å². The number of alkyl halides is 3. The lowest BCUT2D eigenvalue weighted by Crippen LogP contribution is -2.19. The zero-order valence-corrected chi connectivity index (χ0v) is 20.1. The summed E-state index contributed by atoms with van der Waals surface area (Å²) in [7, 11) is 1.84. The van der Waals surface area contributed by atoms with Crippen LogP contribution in [0.25, 0.3) is 6.08 Å². The number of nitrogens with one attached hydrogen (secondary N) is 1. The summed E-state index contributed by atoms with van der Waals surface area (Å²) in [5.74, 6) is -2.01. The van der Waals surface area contributed by atoms with Gasteiger partial charge in [-0.3, -0.25) is 4.79 Å². The van der Waals surface area contributed by atoms with Crippen LogP contribution in [-0.2, 0) is 0 Å². The van der Waals surface area contributed by atoms with Crippen molar-refractivity contribution in [1.82, 2.24) is 5.32 Å². The molecule has 2 rings (SSSR count). The van der Waals surface area contributed by atoms with Gasteiger partial charge in [-0.15, -0.1) is 0 Å². The fraction of sp³-hybridized carbons (Fsp3) is 0.273. The topological polar surface area (TPSA) is 29.1 Å². The number of rotatable bonds is 5. The predicted molar refractivity (Wildman–Crippen MR) is 128 cm³/mol. The van der Waals surface area contributed by atoms with Crippen LogP contribution in [0.1, 0.15) is 47.7 Å². The summed E-state index contributed by atoms with van der Waals surface area (Å²) in [4.78, 5) is 12.2. The Balaban J connectivity index is 0.000000703. The second-order valence-corrected chi connectivity index (χ2v) is 8.07. The molecule has 0 spiro atoms. The largest absolute Gasteiger partial charge is 0.399 e. The molecule has 0 amide bonds. The third-order valence-corrected chi connectivity index (χ3v) is 5.81. The molecule has 0 saturated carbocycles. The van der Waals surface area contributed by atoms with Gasteiger partial charge in [-0.2, -0.15) is 13.2 Å². The van der Waals surface area contributed by atoms with Crippen molar-refractivity contribution in [1.29, 1.82) is 0 Å². The number of hydrogen-bond acceptors (Lipinski definition) is 2. The zero-order valence-electron chi connectivity index (χ0n) is 17.0. The average molecular weight is 511 g/mol. The maximum Gasteiger partial charge on any atom is 0.399 e. The van der Waals surface area contributed by atoms with Gasteiger partial charge in [-0.25, -0.2) is 0 Å². The smallest absolute Gasteiger partial charge is 0.383 e. The number of benzene rings is 2. The lowest BCUT2D eigenvalue weighted by Gasteiger charge is -2.18. The Morgan fingerprint density at radius 3 is 2.00 bits per heavy atom. The first kappa shape index (κ1) is 27.4. The van der Waals surface area contributed by atoms with E-state index in [1.54, 1.807) is 24.3 Å². The molecule has 31 heavy (non-hydrogen) atoms. The highest BCUT2D eigenvalue weighted by Crippen LogP contribution is 2.41. The molecule has 2 nitrogen and oxygen atoms in total. The van der Waals surface area contributed by atoms with Crippen LogP contribution >= 0.6 is 47.0 Å². The molecule has 1 unspecified atom stereocenters. The van der Waals surface area contributed by atoms with Crippen molar-refractivity contribution in [2.75, 3.05) is 7.05 Å². The highest BCUT2D eigenvalue weighted by Gasteiger charge is 2.39. The first-order valence-electron chi connectivity index (χ1n) is 9.11. The van der Waals surface area contributed by atoms with Crippen molar-refractivity contribution in [3.05, 3.63) is 74.2 Å². The van der Waals surface area contributed by atoms with E-state index in [-0.39, 0.29) is 26.4 Å². The second-order valence-electron chi connectivity index (χ2n) is 6.38. The molecule has 2 aromatic rings. The van der Waals surface area contributed by atoms with Crippen LogP contribution in [0.5, 0.6) is 0 Å². The van der Waals surface area contributed by atoms with Crippen molar-refractivity contribution in [3.63, 3.8) is 0 Å². The fourth-order valence-electron chi connectivity index (χ4n) is 2.38. The number of Topliss-reactive ketones (excluding diaryl/α,β-unsaturated/α-hetero) is 1. The lowest BCUT2D eigenvalue weighted by molar-refractivity contribution is -0.139. The standard InChI is InChI=1S/C18H12Cl3F3O.C4H9NS/c1-10(25)12-5-2-11(3-6-12)4-7-14(18(22,23)24)13-8-15(19)17(21)16(20)9-13;1-3-4(6)5-2/h2-9,14H,1H3;3H2,1-2H3,(H,5,6)/b7-4+;. The number of hydrogen-bond donors (Lipinski definition) is 1. The molecular weight excluding hydrogens is 490 g/mol. The Labute approximate surface area is 200 Å². The van der Waals surface area contributed by atoms with Crippen molar-refractivity contribution < 1.29 is 18.0 Å². The maximum absolute atomic E-state index is 13.4. The van der Waals surface area contributed by atoms with Gasteiger partial charge in [0.1, 0.15) is 0 Å². The summed E-state index contributed by atoms with van der Waals surface area (Å²) >= 11 is 22.2. The number of ketones is 1. The molecule has 0 aliphatic heterocycles. The molecule has 0 fully saturated rings. The summed E-state index contributed by atoms with van der Waals surface area (Å²) in [5.41, 5.74) is 0.912. The Morgan fingerprint density at radius 2 is 1.65 bits per heavy atom. The molecule has 0 heterocycles. The van der Waals surface area contributed by atoms with Gasteiger partial charge in [0.15, 0.2) is 5.78 Å². The van der Waals surface area contributed by atoms with Crippen LogP contribution in [-0.4, -0.2) is 24.0 Å². The minimum absolute atomic E-state index is 0.0109. The Morgan fingerprint density at radius 1 is 1.13 bits per heavy atom. The lowest BCUT2D eigenvalue weighted by atomic mass is 9.97. The van der Waals surface area contributed by atoms with E-state index in [1.165, 1.54) is 13.0 Å². The Bertz CT molecular complexity index is 915. The molecule has 168 valence electrons. The first-order valence-corrected chi connectivity index (χ1v) is 10.7. The van der Waals surface area contributed by atoms with E-state index in [1.807, 2.05) is 14.0 Å². The SMILES string of the molecule is CC(=O)c1ccc(/C=C/C(c2cc(Cl)c(Cl)c(Cl)c2)C(F)(F)F)cc1.CCC(=S)NC. The summed E-state index contributed by atoms with van der Waals surface area (Å²) in [6.45, 7) is 3.44. The number of carbonyl (C=O) groups is 1. The van der Waals surface area contributed by atoms with Crippen molar-refractivity contribution in [2.45, 2.75) is 32.4 Å². The van der Waals surface area contributed by atoms with Crippen LogP contribution in [0.3, 0.4) is 0 Å². The predicted octanol–water partition coefficient (Wildman–Crippen LogP) is 8.15. The Kier molecular flexibility index (Phi) is 11.0. The molecule has 9 heteroatoms. The van der Waals surface area contributed by atoms with Crippen LogP contribution in [0.2, 0.25) is 15.1 Å². The monoisotopic (exact) mass is 509 g/mol. The van der Waals surface area contributed by atoms with E-state index >= 15 is 0 Å². The van der Waals surface area contributed by atoms with Gasteiger partial charge in [0.05, 0.1) is 26.0 Å². The third-order valence-electron chi connectivity index (χ3n) is 4.12. The van der Waals surface area contributed by atoms with E-state index < -0.39 is 12.1 Å². The molecule has 0 aromatic heterocycles. The highest BCUT2D eigenvalue weighted by molar-refractivity contribution is 7.80. The third kappa shape index (κ3) is 8.81. The van der Waals surface area contributed by atoms with E-state index in [0.29, 0.717) is 11.1 Å². The van der Waals surface area contributed by atoms with Crippen molar-refractivity contribution in [3.8, 4) is 0 Å². The van der Waals surface area contributed by atoms with Crippen LogP contribution in [0, 0.1) is 0 Å². The minimum Gasteiger partial charge on any atom is -0.383 e. The number of carbonyl (C=O) groups excluding carboxylic acids is 1. The van der Waals surface area contributed by atoms with Gasteiger partial charge >= 0.3 is 6.18 Å². The van der Waals surface area contributed by atoms with Crippen molar-refractivity contribution in [2.24, 2.45) is 0 Å². The molecular formula is C22H21Cl3F3NOS. The number of allylic oxidation sites excluding steroid dienone is 1. The van der Waals surface area contributed by atoms with Crippen LogP contribution in [0.4, 0.5) is 13.2 Å². The molecule has 0 saturated heterocycles. The molecule has 0 aliphatic rings.